The van der Waals surface area contributed by atoms with Crippen LogP contribution in [0, 0.1) is 0 Å². The van der Waals surface area contributed by atoms with Gasteiger partial charge in [-0.2, -0.15) is 0 Å². The van der Waals surface area contributed by atoms with E-state index in [0.29, 0.717) is 0 Å². The molecule has 2 nitrogen and oxygen atoms in total. The molecule has 0 heterocycles. The van der Waals surface area contributed by atoms with E-state index in [4.69, 9.17) is 0 Å². The summed E-state index contributed by atoms with van der Waals surface area (Å²) in [4.78, 5) is 3.60. The first-order chi connectivity index (χ1) is 3.85. The van der Waals surface area contributed by atoms with Crippen LogP contribution in [0.3, 0.4) is 0 Å². The maximum absolute atomic E-state index is 3.60. The van der Waals surface area contributed by atoms with E-state index in [2.05, 4.69) is 24.0 Å². The van der Waals surface area contributed by atoms with Gasteiger partial charge in [0.05, 0.1) is 0 Å². The first-order valence-corrected chi connectivity index (χ1v) is 2.67. The van der Waals surface area contributed by atoms with Crippen LogP contribution in [0.5, 0.6) is 0 Å². The second kappa shape index (κ2) is 4.37. The Morgan fingerprint density at radius 3 is 2.62 bits per heavy atom. The molecule has 46 valence electrons. The summed E-state index contributed by atoms with van der Waals surface area (Å²) in [6.45, 7) is 5.39. The summed E-state index contributed by atoms with van der Waals surface area (Å²) in [6, 6.07) is 0. The highest BCUT2D eigenvalue weighted by Crippen LogP contribution is 1.91. The highest BCUT2D eigenvalue weighted by Gasteiger charge is 1.82. The van der Waals surface area contributed by atoms with Gasteiger partial charge in [0.1, 0.15) is 0 Å². The van der Waals surface area contributed by atoms with Gasteiger partial charge in [0.2, 0.25) is 0 Å². The van der Waals surface area contributed by atoms with Crippen molar-refractivity contribution < 1.29 is 0 Å². The summed E-state index contributed by atoms with van der Waals surface area (Å²) in [5, 5.41) is 2.98. The normalized spacial score (nSPS) is 11.0. The standard InChI is InChI=1S/C6H12N2/c1-4-6(8-3)5-7-2/h5,8H,2,4H2,1,3H3/b6-5-. The lowest BCUT2D eigenvalue weighted by atomic mass is 10.4. The number of hydrogen-bond donors (Lipinski definition) is 1. The van der Waals surface area contributed by atoms with E-state index < -0.39 is 0 Å². The Morgan fingerprint density at radius 1 is 1.88 bits per heavy atom. The SMILES string of the molecule is C=N/C=C(/CC)NC. The van der Waals surface area contributed by atoms with Crippen LogP contribution in [0.15, 0.2) is 16.9 Å². The van der Waals surface area contributed by atoms with Crippen LogP contribution in [0.2, 0.25) is 0 Å². The van der Waals surface area contributed by atoms with Gasteiger partial charge in [0, 0.05) is 18.9 Å². The number of rotatable bonds is 3. The van der Waals surface area contributed by atoms with Crippen LogP contribution in [-0.4, -0.2) is 13.8 Å². The molecule has 0 aliphatic carbocycles. The van der Waals surface area contributed by atoms with Crippen molar-refractivity contribution in [1.29, 1.82) is 0 Å². The minimum absolute atomic E-state index is 0.982. The van der Waals surface area contributed by atoms with Gasteiger partial charge in [-0.05, 0) is 13.1 Å². The van der Waals surface area contributed by atoms with Crippen LogP contribution in [0.4, 0.5) is 0 Å². The van der Waals surface area contributed by atoms with Crippen molar-refractivity contribution in [3.05, 3.63) is 11.9 Å². The van der Waals surface area contributed by atoms with Crippen molar-refractivity contribution in [2.24, 2.45) is 4.99 Å². The molecule has 0 saturated heterocycles. The molecule has 0 spiro atoms. The van der Waals surface area contributed by atoms with Gasteiger partial charge in [-0.25, -0.2) is 0 Å². The average Bonchev–Trinajstić information content (AvgIpc) is 1.83. The van der Waals surface area contributed by atoms with Crippen molar-refractivity contribution in [2.75, 3.05) is 7.05 Å². The predicted octanol–water partition coefficient (Wildman–Crippen LogP) is 1.16. The molecule has 0 amide bonds. The zero-order valence-corrected chi connectivity index (χ0v) is 5.44. The summed E-state index contributed by atoms with van der Waals surface area (Å²) in [5.74, 6) is 0. The average molecular weight is 112 g/mol. The zero-order valence-electron chi connectivity index (χ0n) is 5.44. The molecule has 0 aromatic heterocycles. The van der Waals surface area contributed by atoms with Gasteiger partial charge in [-0.3, -0.25) is 4.99 Å². The molecular weight excluding hydrogens is 100 g/mol. The van der Waals surface area contributed by atoms with Crippen LogP contribution < -0.4 is 5.32 Å². The molecule has 0 aliphatic heterocycles. The number of hydrogen-bond acceptors (Lipinski definition) is 2. The Morgan fingerprint density at radius 2 is 2.50 bits per heavy atom. The third kappa shape index (κ3) is 2.39. The van der Waals surface area contributed by atoms with Gasteiger partial charge < -0.3 is 5.32 Å². The second-order valence-electron chi connectivity index (χ2n) is 1.44. The van der Waals surface area contributed by atoms with E-state index in [1.165, 1.54) is 0 Å². The van der Waals surface area contributed by atoms with E-state index in [1.807, 2.05) is 7.05 Å². The Balaban J connectivity index is 3.66. The largest absolute Gasteiger partial charge is 0.390 e. The third-order valence-corrected chi connectivity index (χ3v) is 0.949. The number of allylic oxidation sites excluding steroid dienone is 1. The molecule has 0 aromatic rings. The van der Waals surface area contributed by atoms with E-state index in [0.717, 1.165) is 12.1 Å². The summed E-state index contributed by atoms with van der Waals surface area (Å²) >= 11 is 0. The third-order valence-electron chi connectivity index (χ3n) is 0.949. The smallest absolute Gasteiger partial charge is 0.0449 e. The molecule has 0 aliphatic rings. The molecular formula is C6H12N2. The van der Waals surface area contributed by atoms with Gasteiger partial charge in [0.15, 0.2) is 0 Å². The van der Waals surface area contributed by atoms with Gasteiger partial charge in [-0.1, -0.05) is 6.92 Å². The van der Waals surface area contributed by atoms with Crippen molar-refractivity contribution in [2.45, 2.75) is 13.3 Å². The first kappa shape index (κ1) is 7.21. The molecule has 0 atom stereocenters. The summed E-state index contributed by atoms with van der Waals surface area (Å²) in [6.07, 6.45) is 2.70. The first-order valence-electron chi connectivity index (χ1n) is 2.67. The highest BCUT2D eigenvalue weighted by atomic mass is 14.8. The van der Waals surface area contributed by atoms with Crippen molar-refractivity contribution in [3.8, 4) is 0 Å². The van der Waals surface area contributed by atoms with E-state index in [-0.39, 0.29) is 0 Å². The molecule has 1 N–H and O–H groups in total. The summed E-state index contributed by atoms with van der Waals surface area (Å²) in [7, 11) is 1.88. The molecule has 0 unspecified atom stereocenters. The fourth-order valence-corrected chi connectivity index (χ4v) is 0.443. The number of nitrogens with one attached hydrogen (secondary N) is 1. The zero-order chi connectivity index (χ0) is 6.41. The Bertz CT molecular complexity index is 88.7. The van der Waals surface area contributed by atoms with Crippen LogP contribution >= 0.6 is 0 Å². The Kier molecular flexibility index (Phi) is 3.94. The van der Waals surface area contributed by atoms with E-state index in [9.17, 15) is 0 Å². The van der Waals surface area contributed by atoms with E-state index >= 15 is 0 Å². The molecule has 0 fully saturated rings. The lowest BCUT2D eigenvalue weighted by molar-refractivity contribution is 0.894. The maximum atomic E-state index is 3.60. The van der Waals surface area contributed by atoms with Gasteiger partial charge in [-0.15, -0.1) is 0 Å². The molecule has 2 heteroatoms. The molecule has 0 rings (SSSR count). The predicted molar refractivity (Wildman–Crippen MR) is 37.0 cm³/mol. The molecule has 0 radical (unpaired) electrons. The van der Waals surface area contributed by atoms with Crippen molar-refractivity contribution in [3.63, 3.8) is 0 Å². The lowest BCUT2D eigenvalue weighted by Gasteiger charge is -1.97. The Labute approximate surface area is 50.3 Å². The topological polar surface area (TPSA) is 24.4 Å². The fraction of sp³-hybridized carbons (Fsp3) is 0.500. The van der Waals surface area contributed by atoms with Crippen LogP contribution in [-0.2, 0) is 0 Å². The Hall–Kier alpha value is -0.790. The van der Waals surface area contributed by atoms with Crippen molar-refractivity contribution in [1.82, 2.24) is 5.32 Å². The summed E-state index contributed by atoms with van der Waals surface area (Å²) in [5.41, 5.74) is 1.11. The minimum atomic E-state index is 0.982. The lowest BCUT2D eigenvalue weighted by Crippen LogP contribution is -2.03. The second-order valence-corrected chi connectivity index (χ2v) is 1.44. The number of aliphatic imine (C=N–C) groups is 1. The molecule has 8 heavy (non-hydrogen) atoms. The fourth-order valence-electron chi connectivity index (χ4n) is 0.443. The highest BCUT2D eigenvalue weighted by molar-refractivity contribution is 5.26. The van der Waals surface area contributed by atoms with Crippen LogP contribution in [0.25, 0.3) is 0 Å². The van der Waals surface area contributed by atoms with E-state index in [1.54, 1.807) is 6.20 Å². The monoisotopic (exact) mass is 112 g/mol. The molecule has 0 aromatic carbocycles. The van der Waals surface area contributed by atoms with Gasteiger partial charge in [0.25, 0.3) is 0 Å². The quantitative estimate of drug-likeness (QED) is 0.544. The molecule has 0 bridgehead atoms. The summed E-state index contributed by atoms with van der Waals surface area (Å²) < 4.78 is 0. The van der Waals surface area contributed by atoms with Crippen LogP contribution in [0.1, 0.15) is 13.3 Å². The minimum Gasteiger partial charge on any atom is -0.390 e. The van der Waals surface area contributed by atoms with Crippen molar-refractivity contribution >= 4 is 6.72 Å². The molecule has 0 saturated carbocycles. The maximum Gasteiger partial charge on any atom is 0.0449 e. The van der Waals surface area contributed by atoms with Gasteiger partial charge >= 0.3 is 0 Å². The number of nitrogens with zero attached hydrogens (tertiary/aromatic N) is 1.